The van der Waals surface area contributed by atoms with Crippen molar-refractivity contribution in [2.45, 2.75) is 6.54 Å². The third-order valence-corrected chi connectivity index (χ3v) is 5.11. The topological polar surface area (TPSA) is 63.6 Å². The van der Waals surface area contributed by atoms with Crippen LogP contribution in [-0.2, 0) is 6.54 Å². The first-order valence-electron chi connectivity index (χ1n) is 9.76. The number of hydrogen-bond acceptors (Lipinski definition) is 5. The maximum Gasteiger partial charge on any atom is 0.134 e. The lowest BCUT2D eigenvalue weighted by atomic mass is 10.0. The molecule has 3 heterocycles. The molecule has 0 radical (unpaired) electrons. The summed E-state index contributed by atoms with van der Waals surface area (Å²) in [5, 5.41) is 13.5. The number of benzene rings is 2. The van der Waals surface area contributed by atoms with Crippen LogP contribution in [0.1, 0.15) is 5.56 Å². The number of aromatic nitrogens is 4. The van der Waals surface area contributed by atoms with Crippen molar-refractivity contribution in [1.82, 2.24) is 20.2 Å². The normalized spacial score (nSPS) is 10.8. The maximum atomic E-state index is 4.55. The van der Waals surface area contributed by atoms with E-state index in [9.17, 15) is 0 Å². The quantitative estimate of drug-likeness (QED) is 0.438. The number of pyridine rings is 2. The Labute approximate surface area is 174 Å². The minimum Gasteiger partial charge on any atom is -0.365 e. The molecule has 5 aromatic rings. The van der Waals surface area contributed by atoms with Crippen LogP contribution in [0.3, 0.4) is 0 Å². The highest BCUT2D eigenvalue weighted by molar-refractivity contribution is 5.94. The van der Waals surface area contributed by atoms with E-state index in [0.29, 0.717) is 6.54 Å². The highest BCUT2D eigenvalue weighted by Gasteiger charge is 2.06. The number of hydrogen-bond donors (Lipinski definition) is 1. The summed E-state index contributed by atoms with van der Waals surface area (Å²) in [5.41, 5.74) is 5.71. The highest BCUT2D eigenvalue weighted by atomic mass is 15.1. The van der Waals surface area contributed by atoms with Crippen molar-refractivity contribution < 1.29 is 0 Å². The van der Waals surface area contributed by atoms with Gasteiger partial charge in [-0.2, -0.15) is 10.2 Å². The largest absolute Gasteiger partial charge is 0.365 e. The predicted octanol–water partition coefficient (Wildman–Crippen LogP) is 5.37. The first-order valence-corrected chi connectivity index (χ1v) is 9.76. The number of nitrogens with one attached hydrogen (secondary N) is 1. The van der Waals surface area contributed by atoms with Crippen LogP contribution in [0.25, 0.3) is 33.0 Å². The maximum absolute atomic E-state index is 4.55. The fourth-order valence-corrected chi connectivity index (χ4v) is 3.50. The van der Waals surface area contributed by atoms with Crippen LogP contribution in [-0.4, -0.2) is 20.2 Å². The molecule has 0 bridgehead atoms. The molecule has 0 fully saturated rings. The van der Waals surface area contributed by atoms with Gasteiger partial charge in [0, 0.05) is 36.1 Å². The van der Waals surface area contributed by atoms with E-state index < -0.39 is 0 Å². The van der Waals surface area contributed by atoms with Gasteiger partial charge in [-0.3, -0.25) is 4.98 Å². The molecule has 0 spiro atoms. The SMILES string of the molecule is c1cc(-c2ccc(CNc3nccc4cc(-c5ccnnc5)ccc34)cc2)ccn1. The highest BCUT2D eigenvalue weighted by Crippen LogP contribution is 2.27. The van der Waals surface area contributed by atoms with Crippen molar-refractivity contribution in [3.8, 4) is 22.3 Å². The Balaban J connectivity index is 1.35. The van der Waals surface area contributed by atoms with Crippen LogP contribution >= 0.6 is 0 Å². The Bertz CT molecular complexity index is 1270. The molecule has 0 unspecified atom stereocenters. The predicted molar refractivity (Wildman–Crippen MR) is 120 cm³/mol. The number of anilines is 1. The lowest BCUT2D eigenvalue weighted by molar-refractivity contribution is 1.03. The second kappa shape index (κ2) is 8.09. The molecule has 0 amide bonds. The van der Waals surface area contributed by atoms with Gasteiger partial charge >= 0.3 is 0 Å². The number of rotatable bonds is 5. The van der Waals surface area contributed by atoms with E-state index in [0.717, 1.165) is 27.7 Å². The molecule has 0 atom stereocenters. The van der Waals surface area contributed by atoms with Gasteiger partial charge in [-0.25, -0.2) is 4.98 Å². The van der Waals surface area contributed by atoms with Crippen molar-refractivity contribution in [2.24, 2.45) is 0 Å². The Morgan fingerprint density at radius 2 is 1.40 bits per heavy atom. The summed E-state index contributed by atoms with van der Waals surface area (Å²) >= 11 is 0. The van der Waals surface area contributed by atoms with Crippen molar-refractivity contribution >= 4 is 16.6 Å². The summed E-state index contributed by atoms with van der Waals surface area (Å²) in [7, 11) is 0. The minimum atomic E-state index is 0.707. The molecule has 30 heavy (non-hydrogen) atoms. The van der Waals surface area contributed by atoms with E-state index in [1.165, 1.54) is 16.7 Å². The minimum absolute atomic E-state index is 0.707. The van der Waals surface area contributed by atoms with Crippen molar-refractivity contribution in [1.29, 1.82) is 0 Å². The Morgan fingerprint density at radius 1 is 0.633 bits per heavy atom. The van der Waals surface area contributed by atoms with Crippen LogP contribution in [0, 0.1) is 0 Å². The second-order valence-corrected chi connectivity index (χ2v) is 7.01. The molecule has 0 saturated carbocycles. The van der Waals surface area contributed by atoms with E-state index in [-0.39, 0.29) is 0 Å². The van der Waals surface area contributed by atoms with Gasteiger partial charge in [0.05, 0.1) is 12.4 Å². The van der Waals surface area contributed by atoms with Crippen LogP contribution in [0.15, 0.2) is 97.7 Å². The smallest absolute Gasteiger partial charge is 0.134 e. The lowest BCUT2D eigenvalue weighted by Crippen LogP contribution is -2.02. The van der Waals surface area contributed by atoms with Gasteiger partial charge in [-0.1, -0.05) is 36.4 Å². The van der Waals surface area contributed by atoms with Crippen LogP contribution in [0.5, 0.6) is 0 Å². The molecular weight excluding hydrogens is 370 g/mol. The van der Waals surface area contributed by atoms with Crippen molar-refractivity contribution in [2.75, 3.05) is 5.32 Å². The van der Waals surface area contributed by atoms with Gasteiger partial charge in [0.25, 0.3) is 0 Å². The van der Waals surface area contributed by atoms with Crippen molar-refractivity contribution in [3.05, 3.63) is 103 Å². The monoisotopic (exact) mass is 389 g/mol. The van der Waals surface area contributed by atoms with Gasteiger partial charge in [0.15, 0.2) is 0 Å². The first kappa shape index (κ1) is 17.9. The molecule has 5 rings (SSSR count). The van der Waals surface area contributed by atoms with E-state index in [4.69, 9.17) is 0 Å². The molecule has 5 heteroatoms. The van der Waals surface area contributed by atoms with Gasteiger partial charge < -0.3 is 5.32 Å². The summed E-state index contributed by atoms with van der Waals surface area (Å²) in [6.45, 7) is 0.707. The molecule has 0 aliphatic heterocycles. The molecule has 144 valence electrons. The van der Waals surface area contributed by atoms with Crippen molar-refractivity contribution in [3.63, 3.8) is 0 Å². The average Bonchev–Trinajstić information content (AvgIpc) is 2.84. The molecule has 5 nitrogen and oxygen atoms in total. The summed E-state index contributed by atoms with van der Waals surface area (Å²) in [5.74, 6) is 0.880. The summed E-state index contributed by atoms with van der Waals surface area (Å²) < 4.78 is 0. The summed E-state index contributed by atoms with van der Waals surface area (Å²) in [4.78, 5) is 8.63. The first-order chi connectivity index (χ1) is 14.9. The second-order valence-electron chi connectivity index (χ2n) is 7.01. The number of fused-ring (bicyclic) bond motifs is 1. The van der Waals surface area contributed by atoms with Crippen LogP contribution in [0.4, 0.5) is 5.82 Å². The van der Waals surface area contributed by atoms with E-state index in [2.05, 4.69) is 67.9 Å². The zero-order chi connectivity index (χ0) is 20.2. The summed E-state index contributed by atoms with van der Waals surface area (Å²) in [6.07, 6.45) is 8.95. The zero-order valence-electron chi connectivity index (χ0n) is 16.2. The zero-order valence-corrected chi connectivity index (χ0v) is 16.2. The summed E-state index contributed by atoms with van der Waals surface area (Å²) in [6, 6.07) is 22.9. The standard InChI is InChI=1S/C25H19N5/c1-3-19(20-7-11-26-12-8-20)4-2-18(1)16-28-25-24-6-5-21(15-22(24)9-13-27-25)23-10-14-29-30-17-23/h1-15,17H,16H2,(H,27,28). The average molecular weight is 389 g/mol. The van der Waals surface area contributed by atoms with E-state index >= 15 is 0 Å². The van der Waals surface area contributed by atoms with E-state index in [1.807, 2.05) is 42.9 Å². The molecule has 0 saturated heterocycles. The van der Waals surface area contributed by atoms with Gasteiger partial charge in [0.1, 0.15) is 5.82 Å². The number of nitrogens with zero attached hydrogens (tertiary/aromatic N) is 4. The molecule has 1 N–H and O–H groups in total. The Morgan fingerprint density at radius 3 is 2.20 bits per heavy atom. The Hall–Kier alpha value is -4.12. The molecule has 3 aromatic heterocycles. The fourth-order valence-electron chi connectivity index (χ4n) is 3.50. The van der Waals surface area contributed by atoms with E-state index in [1.54, 1.807) is 12.4 Å². The third kappa shape index (κ3) is 3.73. The fraction of sp³-hybridized carbons (Fsp3) is 0.0400. The molecule has 2 aromatic carbocycles. The lowest BCUT2D eigenvalue weighted by Gasteiger charge is -2.11. The van der Waals surface area contributed by atoms with Gasteiger partial charge in [-0.15, -0.1) is 0 Å². The van der Waals surface area contributed by atoms with Crippen LogP contribution < -0.4 is 5.32 Å². The van der Waals surface area contributed by atoms with Gasteiger partial charge in [-0.05, 0) is 58.0 Å². The van der Waals surface area contributed by atoms with Crippen LogP contribution in [0.2, 0.25) is 0 Å². The molecule has 0 aliphatic rings. The third-order valence-electron chi connectivity index (χ3n) is 5.11. The van der Waals surface area contributed by atoms with Gasteiger partial charge in [0.2, 0.25) is 0 Å². The molecule has 0 aliphatic carbocycles. The molecular formula is C25H19N5. The Kier molecular flexibility index (Phi) is 4.84.